The van der Waals surface area contributed by atoms with Crippen LogP contribution in [0, 0.1) is 17.6 Å². The Balaban J connectivity index is 2.25. The van der Waals surface area contributed by atoms with Crippen LogP contribution in [0.2, 0.25) is 0 Å². The zero-order valence-electron chi connectivity index (χ0n) is 11.5. The molecule has 1 aliphatic rings. The first-order valence-corrected chi connectivity index (χ1v) is 6.62. The molecule has 1 aromatic carbocycles. The molecule has 1 heterocycles. The molecule has 1 atom stereocenters. The number of nitrogens with zero attached hydrogens (tertiary/aromatic N) is 1. The monoisotopic (exact) mass is 298 g/mol. The van der Waals surface area contributed by atoms with Crippen LogP contribution in [0.4, 0.5) is 8.78 Å². The van der Waals surface area contributed by atoms with Crippen LogP contribution in [0.1, 0.15) is 25.3 Å². The second-order valence-corrected chi connectivity index (χ2v) is 4.83. The number of halogens is 2. The molecule has 7 heteroatoms. The van der Waals surface area contributed by atoms with Crippen molar-refractivity contribution < 1.29 is 23.4 Å². The number of carbonyl (C=O) groups is 1. The number of nitrogens with one attached hydrogen (secondary N) is 1. The molecule has 0 bridgehead atoms. The van der Waals surface area contributed by atoms with Gasteiger partial charge in [0.15, 0.2) is 17.4 Å². The topological polar surface area (TPSA) is 70.9 Å². The fourth-order valence-corrected chi connectivity index (χ4v) is 2.09. The number of benzene rings is 1. The number of carbonyl (C=O) groups excluding carboxylic acids is 1. The summed E-state index contributed by atoms with van der Waals surface area (Å²) >= 11 is 0. The molecule has 0 saturated heterocycles. The lowest BCUT2D eigenvalue weighted by atomic mass is 9.94. The van der Waals surface area contributed by atoms with Crippen molar-refractivity contribution in [2.45, 2.75) is 19.8 Å². The number of aliphatic hydroxyl groups excluding tert-OH is 1. The maximum absolute atomic E-state index is 13.9. The molecular formula is C14H16F2N2O3. The third-order valence-electron chi connectivity index (χ3n) is 3.10. The fourth-order valence-electron chi connectivity index (χ4n) is 2.09. The zero-order chi connectivity index (χ0) is 15.4. The summed E-state index contributed by atoms with van der Waals surface area (Å²) in [5.74, 6) is -2.60. The minimum absolute atomic E-state index is 0.0249. The van der Waals surface area contributed by atoms with E-state index in [2.05, 4.69) is 10.5 Å². The molecule has 1 amide bonds. The summed E-state index contributed by atoms with van der Waals surface area (Å²) in [6, 6.07) is 2.26. The molecule has 0 fully saturated rings. The molecule has 0 aliphatic carbocycles. The zero-order valence-corrected chi connectivity index (χ0v) is 11.5. The number of ether oxygens (including phenoxy) is 1. The van der Waals surface area contributed by atoms with Gasteiger partial charge in [-0.2, -0.15) is 5.10 Å². The number of hydrazone groups is 1. The van der Waals surface area contributed by atoms with Crippen LogP contribution in [-0.2, 0) is 4.79 Å². The van der Waals surface area contributed by atoms with E-state index in [0.717, 1.165) is 12.1 Å². The second-order valence-electron chi connectivity index (χ2n) is 4.83. The van der Waals surface area contributed by atoms with Gasteiger partial charge < -0.3 is 9.84 Å². The van der Waals surface area contributed by atoms with E-state index < -0.39 is 17.4 Å². The van der Waals surface area contributed by atoms with Crippen LogP contribution in [-0.4, -0.2) is 29.9 Å². The van der Waals surface area contributed by atoms with Crippen LogP contribution < -0.4 is 10.2 Å². The lowest BCUT2D eigenvalue weighted by molar-refractivity contribution is -0.121. The van der Waals surface area contributed by atoms with E-state index in [-0.39, 0.29) is 43.4 Å². The van der Waals surface area contributed by atoms with E-state index in [0.29, 0.717) is 5.71 Å². The van der Waals surface area contributed by atoms with Crippen LogP contribution in [0.3, 0.4) is 0 Å². The Hall–Kier alpha value is -2.02. The number of hydrogen-bond donors (Lipinski definition) is 2. The first-order valence-electron chi connectivity index (χ1n) is 6.62. The molecule has 2 rings (SSSR count). The highest BCUT2D eigenvalue weighted by Gasteiger charge is 2.24. The molecule has 1 unspecified atom stereocenters. The van der Waals surface area contributed by atoms with Gasteiger partial charge >= 0.3 is 0 Å². The van der Waals surface area contributed by atoms with Gasteiger partial charge in [0.05, 0.1) is 12.3 Å². The lowest BCUT2D eigenvalue weighted by Gasteiger charge is -2.19. The number of amides is 1. The van der Waals surface area contributed by atoms with Crippen molar-refractivity contribution in [2.24, 2.45) is 11.0 Å². The highest BCUT2D eigenvalue weighted by molar-refractivity contribution is 6.05. The highest BCUT2D eigenvalue weighted by atomic mass is 19.1. The fraction of sp³-hybridized carbons (Fsp3) is 0.429. The van der Waals surface area contributed by atoms with Gasteiger partial charge in [0.1, 0.15) is 0 Å². The van der Waals surface area contributed by atoms with E-state index in [1.54, 1.807) is 6.92 Å². The van der Waals surface area contributed by atoms with Gasteiger partial charge in [0, 0.05) is 30.9 Å². The van der Waals surface area contributed by atoms with Gasteiger partial charge in [-0.05, 0) is 12.1 Å². The summed E-state index contributed by atoms with van der Waals surface area (Å²) in [7, 11) is 0. The summed E-state index contributed by atoms with van der Waals surface area (Å²) in [6.45, 7) is 1.67. The molecule has 2 N–H and O–H groups in total. The van der Waals surface area contributed by atoms with Gasteiger partial charge in [-0.3, -0.25) is 4.79 Å². The maximum Gasteiger partial charge on any atom is 0.240 e. The predicted octanol–water partition coefficient (Wildman–Crippen LogP) is 1.59. The van der Waals surface area contributed by atoms with Crippen molar-refractivity contribution in [3.8, 4) is 5.75 Å². The van der Waals surface area contributed by atoms with Gasteiger partial charge in [-0.1, -0.05) is 6.92 Å². The number of hydrogen-bond acceptors (Lipinski definition) is 4. The predicted molar refractivity (Wildman–Crippen MR) is 72.0 cm³/mol. The largest absolute Gasteiger partial charge is 0.488 e. The first kappa shape index (κ1) is 15.4. The molecule has 5 nitrogen and oxygen atoms in total. The SMILES string of the molecule is CC1CC(=O)NN=C1c1cc(F)c(OCCCO)c(F)c1. The summed E-state index contributed by atoms with van der Waals surface area (Å²) in [5.41, 5.74) is 3.00. The van der Waals surface area contributed by atoms with E-state index in [9.17, 15) is 13.6 Å². The van der Waals surface area contributed by atoms with Crippen molar-refractivity contribution in [1.29, 1.82) is 0 Å². The summed E-state index contributed by atoms with van der Waals surface area (Å²) in [6.07, 6.45) is 0.507. The van der Waals surface area contributed by atoms with Crippen LogP contribution in [0.25, 0.3) is 0 Å². The molecular weight excluding hydrogens is 282 g/mol. The van der Waals surface area contributed by atoms with E-state index in [1.165, 1.54) is 0 Å². The summed E-state index contributed by atoms with van der Waals surface area (Å²) < 4.78 is 32.8. The van der Waals surface area contributed by atoms with Gasteiger partial charge in [-0.25, -0.2) is 14.2 Å². The number of aliphatic hydroxyl groups is 1. The smallest absolute Gasteiger partial charge is 0.240 e. The van der Waals surface area contributed by atoms with E-state index in [4.69, 9.17) is 9.84 Å². The molecule has 21 heavy (non-hydrogen) atoms. The third kappa shape index (κ3) is 3.55. The molecule has 0 radical (unpaired) electrons. The Bertz CT molecular complexity index is 552. The Morgan fingerprint density at radius 1 is 1.43 bits per heavy atom. The third-order valence-corrected chi connectivity index (χ3v) is 3.10. The van der Waals surface area contributed by atoms with Crippen LogP contribution >= 0.6 is 0 Å². The van der Waals surface area contributed by atoms with E-state index >= 15 is 0 Å². The Morgan fingerprint density at radius 2 is 2.10 bits per heavy atom. The summed E-state index contributed by atoms with van der Waals surface area (Å²) in [5, 5.41) is 12.5. The molecule has 1 aliphatic heterocycles. The van der Waals surface area contributed by atoms with Gasteiger partial charge in [0.2, 0.25) is 5.91 Å². The molecule has 1 aromatic rings. The minimum Gasteiger partial charge on any atom is -0.488 e. The van der Waals surface area contributed by atoms with Crippen molar-refractivity contribution >= 4 is 11.6 Å². The lowest BCUT2D eigenvalue weighted by Crippen LogP contribution is -2.32. The number of rotatable bonds is 5. The average molecular weight is 298 g/mol. The average Bonchev–Trinajstić information content (AvgIpc) is 2.41. The highest BCUT2D eigenvalue weighted by Crippen LogP contribution is 2.26. The standard InChI is InChI=1S/C14H16F2N2O3/c1-8-5-12(20)17-18-13(8)9-6-10(15)14(11(16)7-9)21-4-2-3-19/h6-8,19H,2-5H2,1H3,(H,17,20). The maximum atomic E-state index is 13.9. The molecule has 114 valence electrons. The van der Waals surface area contributed by atoms with Crippen LogP contribution in [0.15, 0.2) is 17.2 Å². The Labute approximate surface area is 120 Å². The Morgan fingerprint density at radius 3 is 2.67 bits per heavy atom. The normalized spacial score (nSPS) is 18.2. The molecule has 0 spiro atoms. The minimum atomic E-state index is -0.838. The van der Waals surface area contributed by atoms with Crippen LogP contribution in [0.5, 0.6) is 5.75 Å². The quantitative estimate of drug-likeness (QED) is 0.811. The molecule has 0 saturated carbocycles. The first-order chi connectivity index (χ1) is 10.0. The Kier molecular flexibility index (Phi) is 4.85. The van der Waals surface area contributed by atoms with Crippen molar-refractivity contribution in [2.75, 3.05) is 13.2 Å². The summed E-state index contributed by atoms with van der Waals surface area (Å²) in [4.78, 5) is 11.2. The van der Waals surface area contributed by atoms with Crippen molar-refractivity contribution in [1.82, 2.24) is 5.43 Å². The molecule has 0 aromatic heterocycles. The van der Waals surface area contributed by atoms with Crippen molar-refractivity contribution in [3.63, 3.8) is 0 Å². The van der Waals surface area contributed by atoms with E-state index in [1.807, 2.05) is 0 Å². The second kappa shape index (κ2) is 6.62. The van der Waals surface area contributed by atoms with Gasteiger partial charge in [0.25, 0.3) is 0 Å². The van der Waals surface area contributed by atoms with Crippen molar-refractivity contribution in [3.05, 3.63) is 29.3 Å². The van der Waals surface area contributed by atoms with Gasteiger partial charge in [-0.15, -0.1) is 0 Å².